The summed E-state index contributed by atoms with van der Waals surface area (Å²) in [4.78, 5) is 13.7. The molecule has 5 heteroatoms. The molecule has 1 heterocycles. The molecule has 5 nitrogen and oxygen atoms in total. The van der Waals surface area contributed by atoms with Gasteiger partial charge in [-0.05, 0) is 87.0 Å². The van der Waals surface area contributed by atoms with E-state index in [-0.39, 0.29) is 18.1 Å². The van der Waals surface area contributed by atoms with Gasteiger partial charge in [-0.1, -0.05) is 32.0 Å². The zero-order valence-electron chi connectivity index (χ0n) is 19.2. The van der Waals surface area contributed by atoms with Gasteiger partial charge in [-0.15, -0.1) is 0 Å². The summed E-state index contributed by atoms with van der Waals surface area (Å²) in [6, 6.07) is 13.1. The van der Waals surface area contributed by atoms with Crippen LogP contribution >= 0.6 is 0 Å². The Morgan fingerprint density at radius 2 is 1.84 bits per heavy atom. The van der Waals surface area contributed by atoms with Crippen LogP contribution < -0.4 is 4.74 Å². The Balaban J connectivity index is 1.59. The summed E-state index contributed by atoms with van der Waals surface area (Å²) >= 11 is 0. The van der Waals surface area contributed by atoms with Gasteiger partial charge in [-0.3, -0.25) is 9.69 Å². The lowest BCUT2D eigenvalue weighted by Gasteiger charge is -2.36. The van der Waals surface area contributed by atoms with Gasteiger partial charge in [0, 0.05) is 11.4 Å². The number of aliphatic carboxylic acids is 1. The lowest BCUT2D eigenvalue weighted by molar-refractivity contribution is -0.143. The van der Waals surface area contributed by atoms with Crippen LogP contribution in [0.25, 0.3) is 10.8 Å². The molecule has 0 radical (unpaired) electrons. The van der Waals surface area contributed by atoms with Crippen LogP contribution in [0.2, 0.25) is 0 Å². The number of carbonyl (C=O) groups is 1. The number of likely N-dealkylation sites (tertiary alicyclic amines) is 1. The summed E-state index contributed by atoms with van der Waals surface area (Å²) in [6.45, 7) is 6.06. The van der Waals surface area contributed by atoms with E-state index in [1.54, 1.807) is 0 Å². The molecule has 2 fully saturated rings. The van der Waals surface area contributed by atoms with Crippen molar-refractivity contribution in [1.82, 2.24) is 4.90 Å². The second-order valence-electron chi connectivity index (χ2n) is 9.60. The van der Waals surface area contributed by atoms with E-state index in [1.807, 2.05) is 6.07 Å². The first-order chi connectivity index (χ1) is 15.5. The Kier molecular flexibility index (Phi) is 7.01. The zero-order valence-corrected chi connectivity index (χ0v) is 19.2. The average Bonchev–Trinajstić information content (AvgIpc) is 2.81. The van der Waals surface area contributed by atoms with Crippen LogP contribution in [0.3, 0.4) is 0 Å². The molecule has 0 bridgehead atoms. The predicted molar refractivity (Wildman–Crippen MR) is 126 cm³/mol. The normalized spacial score (nSPS) is 23.5. The molecule has 1 saturated carbocycles. The molecule has 2 aromatic rings. The number of hydrogen-bond acceptors (Lipinski definition) is 4. The standard InChI is InChI=1S/C27H34N2O3/c1-3-25(29-14-12-20(13-15-29)27(30)31)21-7-6-19-8-11-26(24(17-28)23(19)16-21)32-22-9-4-18(2)5-10-22/h6-8,11,16,18,20,22,25H,3-5,9-10,12-15H2,1-2H3,(H,30,31)/t18-,22+,25?. The molecular weight excluding hydrogens is 400 g/mol. The highest BCUT2D eigenvalue weighted by Gasteiger charge is 2.29. The first-order valence-electron chi connectivity index (χ1n) is 12.1. The van der Waals surface area contributed by atoms with Gasteiger partial charge in [0.05, 0.1) is 12.0 Å². The molecule has 1 saturated heterocycles. The minimum absolute atomic E-state index is 0.192. The SMILES string of the molecule is CCC(c1ccc2ccc(O[C@H]3CC[C@@H](C)CC3)c(C#N)c2c1)N1CCC(C(=O)O)CC1. The number of ether oxygens (including phenoxy) is 1. The van der Waals surface area contributed by atoms with E-state index < -0.39 is 5.97 Å². The Morgan fingerprint density at radius 1 is 1.16 bits per heavy atom. The van der Waals surface area contributed by atoms with Crippen molar-refractivity contribution in [2.24, 2.45) is 11.8 Å². The molecule has 1 N–H and O–H groups in total. The highest BCUT2D eigenvalue weighted by molar-refractivity contribution is 5.90. The van der Waals surface area contributed by atoms with Crippen LogP contribution in [0.15, 0.2) is 30.3 Å². The molecule has 1 atom stereocenters. The highest BCUT2D eigenvalue weighted by Crippen LogP contribution is 2.35. The van der Waals surface area contributed by atoms with Gasteiger partial charge < -0.3 is 9.84 Å². The molecule has 4 rings (SSSR count). The van der Waals surface area contributed by atoms with Crippen LogP contribution in [-0.2, 0) is 4.79 Å². The van der Waals surface area contributed by atoms with Crippen LogP contribution in [0.5, 0.6) is 5.75 Å². The van der Waals surface area contributed by atoms with Gasteiger partial charge in [0.1, 0.15) is 17.4 Å². The van der Waals surface area contributed by atoms with Crippen LogP contribution in [0, 0.1) is 23.2 Å². The van der Waals surface area contributed by atoms with Crippen LogP contribution in [0.4, 0.5) is 0 Å². The number of hydrogen-bond donors (Lipinski definition) is 1. The maximum Gasteiger partial charge on any atom is 0.306 e. The van der Waals surface area contributed by atoms with Crippen LogP contribution in [0.1, 0.15) is 76.0 Å². The third kappa shape index (κ3) is 4.76. The van der Waals surface area contributed by atoms with E-state index in [9.17, 15) is 15.2 Å². The van der Waals surface area contributed by atoms with Crippen molar-refractivity contribution in [3.63, 3.8) is 0 Å². The van der Waals surface area contributed by atoms with E-state index in [0.29, 0.717) is 24.2 Å². The molecule has 0 spiro atoms. The monoisotopic (exact) mass is 434 g/mol. The summed E-state index contributed by atoms with van der Waals surface area (Å²) < 4.78 is 6.32. The largest absolute Gasteiger partial charge is 0.489 e. The Bertz CT molecular complexity index is 996. The van der Waals surface area contributed by atoms with E-state index in [1.165, 1.54) is 18.4 Å². The molecule has 2 aromatic carbocycles. The fraction of sp³-hybridized carbons (Fsp3) is 0.556. The van der Waals surface area contributed by atoms with E-state index in [2.05, 4.69) is 49.1 Å². The summed E-state index contributed by atoms with van der Waals surface area (Å²) in [6.07, 6.45) is 6.99. The molecular formula is C27H34N2O3. The number of piperidine rings is 1. The number of carboxylic acids is 1. The van der Waals surface area contributed by atoms with Gasteiger partial charge in [0.2, 0.25) is 0 Å². The quantitative estimate of drug-likeness (QED) is 0.611. The molecule has 0 amide bonds. The molecule has 32 heavy (non-hydrogen) atoms. The summed E-state index contributed by atoms with van der Waals surface area (Å²) in [7, 11) is 0. The van der Waals surface area contributed by atoms with Gasteiger partial charge in [0.25, 0.3) is 0 Å². The molecule has 170 valence electrons. The molecule has 1 aliphatic carbocycles. The summed E-state index contributed by atoms with van der Waals surface area (Å²) in [5.41, 5.74) is 1.82. The first-order valence-corrected chi connectivity index (χ1v) is 12.1. The topological polar surface area (TPSA) is 73.6 Å². The highest BCUT2D eigenvalue weighted by atomic mass is 16.5. The summed E-state index contributed by atoms with van der Waals surface area (Å²) in [5.74, 6) is 0.554. The van der Waals surface area contributed by atoms with Gasteiger partial charge in [-0.2, -0.15) is 5.26 Å². The summed E-state index contributed by atoms with van der Waals surface area (Å²) in [5, 5.41) is 21.3. The number of carboxylic acid groups (broad SMARTS) is 1. The number of fused-ring (bicyclic) bond motifs is 1. The van der Waals surface area contributed by atoms with Gasteiger partial charge in [-0.25, -0.2) is 0 Å². The maximum absolute atomic E-state index is 11.3. The van der Waals surface area contributed by atoms with Crippen molar-refractivity contribution < 1.29 is 14.6 Å². The van der Waals surface area contributed by atoms with Crippen molar-refractivity contribution in [2.45, 2.75) is 70.9 Å². The lowest BCUT2D eigenvalue weighted by Crippen LogP contribution is -2.38. The Morgan fingerprint density at radius 3 is 2.47 bits per heavy atom. The number of benzene rings is 2. The third-order valence-corrected chi connectivity index (χ3v) is 7.47. The van der Waals surface area contributed by atoms with Gasteiger partial charge in [0.15, 0.2) is 0 Å². The van der Waals surface area contributed by atoms with Crippen molar-refractivity contribution in [3.05, 3.63) is 41.5 Å². The minimum Gasteiger partial charge on any atom is -0.489 e. The fourth-order valence-corrected chi connectivity index (χ4v) is 5.43. The van der Waals surface area contributed by atoms with Gasteiger partial charge >= 0.3 is 5.97 Å². The predicted octanol–water partition coefficient (Wildman–Crippen LogP) is 5.92. The lowest BCUT2D eigenvalue weighted by atomic mass is 9.89. The van der Waals surface area contributed by atoms with E-state index >= 15 is 0 Å². The molecule has 2 aliphatic rings. The second-order valence-corrected chi connectivity index (χ2v) is 9.60. The second kappa shape index (κ2) is 9.92. The zero-order chi connectivity index (χ0) is 22.7. The van der Waals surface area contributed by atoms with E-state index in [4.69, 9.17) is 4.74 Å². The Labute approximate surface area is 191 Å². The molecule has 1 aliphatic heterocycles. The van der Waals surface area contributed by atoms with Crippen LogP contribution in [-0.4, -0.2) is 35.2 Å². The first kappa shape index (κ1) is 22.6. The smallest absolute Gasteiger partial charge is 0.306 e. The number of rotatable bonds is 6. The maximum atomic E-state index is 11.3. The van der Waals surface area contributed by atoms with Crippen molar-refractivity contribution in [2.75, 3.05) is 13.1 Å². The fourth-order valence-electron chi connectivity index (χ4n) is 5.43. The third-order valence-electron chi connectivity index (χ3n) is 7.47. The van der Waals surface area contributed by atoms with Crippen molar-refractivity contribution in [1.29, 1.82) is 5.26 Å². The number of nitriles is 1. The van der Waals surface area contributed by atoms with Crippen molar-refractivity contribution in [3.8, 4) is 11.8 Å². The average molecular weight is 435 g/mol. The molecule has 1 unspecified atom stereocenters. The molecule has 0 aromatic heterocycles. The Hall–Kier alpha value is -2.58. The van der Waals surface area contributed by atoms with Crippen molar-refractivity contribution >= 4 is 16.7 Å². The minimum atomic E-state index is -0.679. The number of nitrogens with zero attached hydrogens (tertiary/aromatic N) is 2. The van der Waals surface area contributed by atoms with E-state index in [0.717, 1.165) is 49.0 Å².